The highest BCUT2D eigenvalue weighted by atomic mass is 19.4. The van der Waals surface area contributed by atoms with Gasteiger partial charge in [0.1, 0.15) is 17.4 Å². The number of nitrogen functional groups attached to an aromatic ring is 1. The van der Waals surface area contributed by atoms with E-state index in [4.69, 9.17) is 5.73 Å². The molecule has 2 N–H and O–H groups in total. The standard InChI is InChI=1S/C25H23F4N5/c1-3-4-6-16-9-11-17(12-10-16)13-21-18(14-30)15(2)22(24(31)32-21)33-34-23-19(25(27,28)29)7-5-8-20(23)26/h5,7-12H,3-4,6,13H2,1-2H3,(H2,31,32). The molecule has 176 valence electrons. The molecule has 0 spiro atoms. The number of nitriles is 1. The summed E-state index contributed by atoms with van der Waals surface area (Å²) in [6, 6.07) is 12.6. The number of anilines is 1. The summed E-state index contributed by atoms with van der Waals surface area (Å²) in [4.78, 5) is 4.26. The number of hydrogen-bond acceptors (Lipinski definition) is 5. The molecule has 0 atom stereocenters. The zero-order valence-electron chi connectivity index (χ0n) is 18.7. The Morgan fingerprint density at radius 2 is 1.68 bits per heavy atom. The number of aryl methyl sites for hydroxylation is 1. The zero-order chi connectivity index (χ0) is 24.9. The maximum absolute atomic E-state index is 14.1. The third-order valence-corrected chi connectivity index (χ3v) is 5.38. The van der Waals surface area contributed by atoms with Gasteiger partial charge in [-0.3, -0.25) is 0 Å². The van der Waals surface area contributed by atoms with Crippen molar-refractivity contribution in [2.45, 2.75) is 45.7 Å². The van der Waals surface area contributed by atoms with Crippen LogP contribution in [0, 0.1) is 24.1 Å². The molecule has 0 radical (unpaired) electrons. The second-order valence-electron chi connectivity index (χ2n) is 7.83. The monoisotopic (exact) mass is 469 g/mol. The Hall–Kier alpha value is -3.80. The molecule has 0 saturated heterocycles. The highest BCUT2D eigenvalue weighted by Crippen LogP contribution is 2.39. The number of benzene rings is 2. The molecule has 0 saturated carbocycles. The second-order valence-corrected chi connectivity index (χ2v) is 7.83. The van der Waals surface area contributed by atoms with Gasteiger partial charge in [0.05, 0.1) is 16.8 Å². The van der Waals surface area contributed by atoms with E-state index in [1.54, 1.807) is 6.92 Å². The topological polar surface area (TPSA) is 87.4 Å². The SMILES string of the molecule is CCCCc1ccc(Cc2nc(N)c(N=Nc3c(F)cccc3C(F)(F)F)c(C)c2C#N)cc1. The van der Waals surface area contributed by atoms with Gasteiger partial charge in [0.15, 0.2) is 11.6 Å². The van der Waals surface area contributed by atoms with Crippen molar-refractivity contribution in [3.05, 3.63) is 81.8 Å². The minimum Gasteiger partial charge on any atom is -0.382 e. The van der Waals surface area contributed by atoms with Crippen molar-refractivity contribution in [1.29, 1.82) is 5.26 Å². The average molecular weight is 469 g/mol. The summed E-state index contributed by atoms with van der Waals surface area (Å²) in [6.07, 6.45) is -1.28. The maximum atomic E-state index is 14.1. The first-order chi connectivity index (χ1) is 16.2. The zero-order valence-corrected chi connectivity index (χ0v) is 18.7. The van der Waals surface area contributed by atoms with Gasteiger partial charge in [-0.05, 0) is 48.6 Å². The maximum Gasteiger partial charge on any atom is 0.418 e. The lowest BCUT2D eigenvalue weighted by atomic mass is 9.99. The number of rotatable bonds is 7. The number of aromatic nitrogens is 1. The van der Waals surface area contributed by atoms with Gasteiger partial charge in [0.2, 0.25) is 0 Å². The van der Waals surface area contributed by atoms with E-state index in [1.165, 1.54) is 5.56 Å². The lowest BCUT2D eigenvalue weighted by Gasteiger charge is -2.12. The smallest absolute Gasteiger partial charge is 0.382 e. The van der Waals surface area contributed by atoms with Gasteiger partial charge in [-0.1, -0.05) is 43.7 Å². The molecule has 5 nitrogen and oxygen atoms in total. The second kappa shape index (κ2) is 10.4. The Kier molecular flexibility index (Phi) is 7.61. The van der Waals surface area contributed by atoms with Gasteiger partial charge in [0.25, 0.3) is 0 Å². The van der Waals surface area contributed by atoms with Crippen LogP contribution in [0.4, 0.5) is 34.8 Å². The molecule has 34 heavy (non-hydrogen) atoms. The van der Waals surface area contributed by atoms with Crippen molar-refractivity contribution in [2.24, 2.45) is 10.2 Å². The minimum absolute atomic E-state index is 0.0772. The number of nitrogens with two attached hydrogens (primary N) is 1. The van der Waals surface area contributed by atoms with E-state index in [0.717, 1.165) is 37.0 Å². The third-order valence-electron chi connectivity index (χ3n) is 5.38. The lowest BCUT2D eigenvalue weighted by molar-refractivity contribution is -0.137. The normalized spacial score (nSPS) is 11.7. The van der Waals surface area contributed by atoms with Crippen LogP contribution in [0.15, 0.2) is 52.7 Å². The molecule has 1 aromatic heterocycles. The van der Waals surface area contributed by atoms with Crippen molar-refractivity contribution in [2.75, 3.05) is 5.73 Å². The molecule has 1 heterocycles. The lowest BCUT2D eigenvalue weighted by Crippen LogP contribution is -2.06. The Labute approximate surface area is 195 Å². The molecular formula is C25H23F4N5. The summed E-state index contributed by atoms with van der Waals surface area (Å²) < 4.78 is 53.8. The van der Waals surface area contributed by atoms with Crippen LogP contribution in [0.2, 0.25) is 0 Å². The minimum atomic E-state index is -4.82. The van der Waals surface area contributed by atoms with E-state index in [1.807, 2.05) is 24.3 Å². The summed E-state index contributed by atoms with van der Waals surface area (Å²) in [5.74, 6) is -1.29. The van der Waals surface area contributed by atoms with Crippen LogP contribution in [-0.4, -0.2) is 4.98 Å². The van der Waals surface area contributed by atoms with Crippen molar-refractivity contribution < 1.29 is 17.6 Å². The number of pyridine rings is 1. The Bertz CT molecular complexity index is 1240. The molecule has 2 aromatic carbocycles. The molecule has 9 heteroatoms. The van der Waals surface area contributed by atoms with Crippen LogP contribution < -0.4 is 5.73 Å². The number of alkyl halides is 3. The quantitative estimate of drug-likeness (QED) is 0.290. The highest BCUT2D eigenvalue weighted by molar-refractivity contribution is 5.67. The highest BCUT2D eigenvalue weighted by Gasteiger charge is 2.35. The number of hydrogen-bond donors (Lipinski definition) is 1. The van der Waals surface area contributed by atoms with E-state index >= 15 is 0 Å². The van der Waals surface area contributed by atoms with Crippen LogP contribution in [0.25, 0.3) is 0 Å². The van der Waals surface area contributed by atoms with Crippen molar-refractivity contribution in [3.8, 4) is 6.07 Å². The van der Waals surface area contributed by atoms with E-state index < -0.39 is 23.2 Å². The molecule has 0 aliphatic rings. The Balaban J connectivity index is 1.95. The van der Waals surface area contributed by atoms with Crippen molar-refractivity contribution in [1.82, 2.24) is 4.98 Å². The van der Waals surface area contributed by atoms with E-state index in [2.05, 4.69) is 28.2 Å². The number of unbranched alkanes of at least 4 members (excludes halogenated alkanes) is 1. The first kappa shape index (κ1) is 24.8. The third kappa shape index (κ3) is 5.57. The summed E-state index contributed by atoms with van der Waals surface area (Å²) >= 11 is 0. The summed E-state index contributed by atoms with van der Waals surface area (Å²) in [7, 11) is 0. The van der Waals surface area contributed by atoms with E-state index in [9.17, 15) is 22.8 Å². The van der Waals surface area contributed by atoms with Crippen molar-refractivity contribution >= 4 is 17.2 Å². The summed E-state index contributed by atoms with van der Waals surface area (Å²) in [5.41, 5.74) is 6.78. The molecular weight excluding hydrogens is 446 g/mol. The summed E-state index contributed by atoms with van der Waals surface area (Å²) in [6.45, 7) is 3.68. The fraction of sp³-hybridized carbons (Fsp3) is 0.280. The molecule has 3 rings (SSSR count). The van der Waals surface area contributed by atoms with Crippen LogP contribution in [0.3, 0.4) is 0 Å². The van der Waals surface area contributed by atoms with Gasteiger partial charge in [-0.2, -0.15) is 18.4 Å². The first-order valence-corrected chi connectivity index (χ1v) is 10.7. The van der Waals surface area contributed by atoms with Gasteiger partial charge in [-0.25, -0.2) is 9.37 Å². The van der Waals surface area contributed by atoms with Crippen molar-refractivity contribution in [3.63, 3.8) is 0 Å². The molecule has 0 aliphatic carbocycles. The van der Waals surface area contributed by atoms with Gasteiger partial charge < -0.3 is 5.73 Å². The number of azo groups is 1. The van der Waals surface area contributed by atoms with Crippen LogP contribution in [0.5, 0.6) is 0 Å². The first-order valence-electron chi connectivity index (χ1n) is 10.7. The predicted octanol–water partition coefficient (Wildman–Crippen LogP) is 7.35. The van der Waals surface area contributed by atoms with E-state index in [-0.39, 0.29) is 17.1 Å². The predicted molar refractivity (Wildman–Crippen MR) is 122 cm³/mol. The van der Waals surface area contributed by atoms with Gasteiger partial charge >= 0.3 is 6.18 Å². The van der Waals surface area contributed by atoms with Gasteiger partial charge in [-0.15, -0.1) is 10.2 Å². The fourth-order valence-corrected chi connectivity index (χ4v) is 3.53. The molecule has 3 aromatic rings. The Morgan fingerprint density at radius 1 is 1.03 bits per heavy atom. The number of nitrogens with zero attached hydrogens (tertiary/aromatic N) is 4. The van der Waals surface area contributed by atoms with Crippen LogP contribution >= 0.6 is 0 Å². The summed E-state index contributed by atoms with van der Waals surface area (Å²) in [5, 5.41) is 16.9. The number of halogens is 4. The van der Waals surface area contributed by atoms with Gasteiger partial charge in [0, 0.05) is 6.42 Å². The molecule has 0 amide bonds. The van der Waals surface area contributed by atoms with Crippen LogP contribution in [0.1, 0.15) is 53.3 Å². The largest absolute Gasteiger partial charge is 0.418 e. The van der Waals surface area contributed by atoms with E-state index in [0.29, 0.717) is 23.7 Å². The average Bonchev–Trinajstić information content (AvgIpc) is 2.78. The molecule has 0 aliphatic heterocycles. The fourth-order valence-electron chi connectivity index (χ4n) is 3.53. The molecule has 0 fully saturated rings. The Morgan fingerprint density at radius 3 is 2.29 bits per heavy atom. The molecule has 0 bridgehead atoms. The molecule has 0 unspecified atom stereocenters. The van der Waals surface area contributed by atoms with Crippen LogP contribution in [-0.2, 0) is 19.0 Å².